The second kappa shape index (κ2) is 7.56. The molecule has 0 bridgehead atoms. The molecule has 0 aliphatic rings. The first kappa shape index (κ1) is 13.2. The Hall–Kier alpha value is -0.830. The molecule has 0 spiro atoms. The van der Waals surface area contributed by atoms with Crippen LogP contribution < -0.4 is 0 Å². The van der Waals surface area contributed by atoms with Crippen LogP contribution in [0.25, 0.3) is 0 Å². The van der Waals surface area contributed by atoms with Crippen molar-refractivity contribution in [1.82, 2.24) is 4.90 Å². The van der Waals surface area contributed by atoms with Crippen molar-refractivity contribution in [3.63, 3.8) is 0 Å². The Morgan fingerprint density at radius 2 is 2.21 bits per heavy atom. The summed E-state index contributed by atoms with van der Waals surface area (Å²) >= 11 is 0. The predicted octanol–water partition coefficient (Wildman–Crippen LogP) is 1.84. The van der Waals surface area contributed by atoms with E-state index in [0.717, 1.165) is 13.0 Å². The molecule has 0 aromatic rings. The minimum Gasteiger partial charge on any atom is -0.465 e. The number of carbonyl (C=O) groups is 1. The second-order valence-electron chi connectivity index (χ2n) is 3.25. The van der Waals surface area contributed by atoms with Gasteiger partial charge >= 0.3 is 5.97 Å². The summed E-state index contributed by atoms with van der Waals surface area (Å²) in [6.45, 7) is 11.4. The highest BCUT2D eigenvalue weighted by atomic mass is 16.5. The van der Waals surface area contributed by atoms with Crippen molar-refractivity contribution >= 4 is 5.97 Å². The van der Waals surface area contributed by atoms with Gasteiger partial charge in [-0.05, 0) is 26.8 Å². The maximum absolute atomic E-state index is 11.3. The van der Waals surface area contributed by atoms with E-state index in [0.29, 0.717) is 13.2 Å². The molecule has 0 radical (unpaired) electrons. The van der Waals surface area contributed by atoms with E-state index in [1.165, 1.54) is 0 Å². The SMILES string of the molecule is C=CC(C)N(CCC)CC(=O)OCC. The molecule has 1 atom stereocenters. The summed E-state index contributed by atoms with van der Waals surface area (Å²) in [5.74, 6) is -0.158. The third-order valence-corrected chi connectivity index (χ3v) is 2.07. The largest absolute Gasteiger partial charge is 0.465 e. The van der Waals surface area contributed by atoms with Gasteiger partial charge in [-0.1, -0.05) is 13.0 Å². The lowest BCUT2D eigenvalue weighted by Gasteiger charge is -2.25. The van der Waals surface area contributed by atoms with Gasteiger partial charge in [-0.25, -0.2) is 0 Å². The number of rotatable bonds is 7. The minimum absolute atomic E-state index is 0.158. The van der Waals surface area contributed by atoms with E-state index in [1.54, 1.807) is 0 Å². The fourth-order valence-corrected chi connectivity index (χ4v) is 1.24. The number of carbonyl (C=O) groups excluding carboxylic acids is 1. The van der Waals surface area contributed by atoms with Crippen LogP contribution in [-0.4, -0.2) is 36.6 Å². The van der Waals surface area contributed by atoms with Gasteiger partial charge in [-0.15, -0.1) is 6.58 Å². The fourth-order valence-electron chi connectivity index (χ4n) is 1.24. The van der Waals surface area contributed by atoms with Crippen molar-refractivity contribution in [1.29, 1.82) is 0 Å². The van der Waals surface area contributed by atoms with Crippen molar-refractivity contribution in [3.8, 4) is 0 Å². The molecule has 0 fully saturated rings. The molecule has 0 N–H and O–H groups in total. The Kier molecular flexibility index (Phi) is 7.11. The fraction of sp³-hybridized carbons (Fsp3) is 0.727. The molecule has 3 heteroatoms. The number of ether oxygens (including phenoxy) is 1. The maximum atomic E-state index is 11.3. The van der Waals surface area contributed by atoms with Gasteiger partial charge in [0.1, 0.15) is 0 Å². The summed E-state index contributed by atoms with van der Waals surface area (Å²) in [4.78, 5) is 13.3. The predicted molar refractivity (Wildman–Crippen MR) is 58.2 cm³/mol. The average molecular weight is 199 g/mol. The molecule has 1 unspecified atom stereocenters. The second-order valence-corrected chi connectivity index (χ2v) is 3.25. The lowest BCUT2D eigenvalue weighted by Crippen LogP contribution is -2.37. The molecular weight excluding hydrogens is 178 g/mol. The standard InChI is InChI=1S/C11H21NO2/c1-5-8-12(10(4)6-2)9-11(13)14-7-3/h6,10H,2,5,7-9H2,1,3-4H3. The smallest absolute Gasteiger partial charge is 0.320 e. The molecule has 0 aliphatic carbocycles. The zero-order valence-corrected chi connectivity index (χ0v) is 9.45. The number of nitrogens with zero attached hydrogens (tertiary/aromatic N) is 1. The van der Waals surface area contributed by atoms with Crippen molar-refractivity contribution in [3.05, 3.63) is 12.7 Å². The molecule has 0 rings (SSSR count). The molecule has 0 aromatic carbocycles. The summed E-state index contributed by atoms with van der Waals surface area (Å²) < 4.78 is 4.90. The van der Waals surface area contributed by atoms with E-state index in [9.17, 15) is 4.79 Å². The van der Waals surface area contributed by atoms with Crippen molar-refractivity contribution in [2.24, 2.45) is 0 Å². The van der Waals surface area contributed by atoms with Crippen LogP contribution in [0.3, 0.4) is 0 Å². The first-order valence-electron chi connectivity index (χ1n) is 5.17. The van der Waals surface area contributed by atoms with Crippen LogP contribution in [0.5, 0.6) is 0 Å². The van der Waals surface area contributed by atoms with Gasteiger partial charge in [0.2, 0.25) is 0 Å². The Balaban J connectivity index is 4.07. The quantitative estimate of drug-likeness (QED) is 0.463. The molecule has 0 aromatic heterocycles. The van der Waals surface area contributed by atoms with Crippen molar-refractivity contribution in [2.45, 2.75) is 33.2 Å². The summed E-state index contributed by atoms with van der Waals surface area (Å²) in [6, 6.07) is 0.222. The Bertz CT molecular complexity index is 180. The van der Waals surface area contributed by atoms with Crippen LogP contribution >= 0.6 is 0 Å². The van der Waals surface area contributed by atoms with Crippen LogP contribution in [0.2, 0.25) is 0 Å². The molecule has 0 saturated heterocycles. The van der Waals surface area contributed by atoms with Gasteiger partial charge in [-0.3, -0.25) is 9.69 Å². The van der Waals surface area contributed by atoms with E-state index in [-0.39, 0.29) is 12.0 Å². The Morgan fingerprint density at radius 1 is 1.57 bits per heavy atom. The van der Waals surface area contributed by atoms with Crippen LogP contribution in [0.4, 0.5) is 0 Å². The molecule has 0 amide bonds. The van der Waals surface area contributed by atoms with Gasteiger partial charge in [-0.2, -0.15) is 0 Å². The molecule has 0 heterocycles. The number of hydrogen-bond acceptors (Lipinski definition) is 3. The first-order chi connectivity index (χ1) is 6.65. The summed E-state index contributed by atoms with van der Waals surface area (Å²) in [5.41, 5.74) is 0. The van der Waals surface area contributed by atoms with E-state index in [2.05, 4.69) is 18.4 Å². The van der Waals surface area contributed by atoms with Crippen molar-refractivity contribution < 1.29 is 9.53 Å². The molecule has 0 saturated carbocycles. The molecule has 14 heavy (non-hydrogen) atoms. The Labute approximate surface area is 86.7 Å². The maximum Gasteiger partial charge on any atom is 0.320 e. The van der Waals surface area contributed by atoms with Gasteiger partial charge in [0.25, 0.3) is 0 Å². The molecule has 82 valence electrons. The van der Waals surface area contributed by atoms with E-state index in [4.69, 9.17) is 4.74 Å². The topological polar surface area (TPSA) is 29.5 Å². The summed E-state index contributed by atoms with van der Waals surface area (Å²) in [6.07, 6.45) is 2.87. The zero-order valence-electron chi connectivity index (χ0n) is 9.45. The van der Waals surface area contributed by atoms with Gasteiger partial charge in [0, 0.05) is 6.04 Å². The normalized spacial score (nSPS) is 12.6. The number of esters is 1. The van der Waals surface area contributed by atoms with Gasteiger partial charge in [0.15, 0.2) is 0 Å². The highest BCUT2D eigenvalue weighted by Crippen LogP contribution is 2.01. The summed E-state index contributed by atoms with van der Waals surface area (Å²) in [5, 5.41) is 0. The highest BCUT2D eigenvalue weighted by Gasteiger charge is 2.14. The minimum atomic E-state index is -0.158. The van der Waals surface area contributed by atoms with Gasteiger partial charge in [0.05, 0.1) is 13.2 Å². The monoisotopic (exact) mass is 199 g/mol. The third kappa shape index (κ3) is 5.02. The zero-order chi connectivity index (χ0) is 11.0. The molecule has 3 nitrogen and oxygen atoms in total. The van der Waals surface area contributed by atoms with Crippen LogP contribution in [0, 0.1) is 0 Å². The van der Waals surface area contributed by atoms with E-state index < -0.39 is 0 Å². The number of hydrogen-bond donors (Lipinski definition) is 0. The van der Waals surface area contributed by atoms with Crippen LogP contribution in [0.15, 0.2) is 12.7 Å². The lowest BCUT2D eigenvalue weighted by atomic mass is 10.2. The van der Waals surface area contributed by atoms with Crippen LogP contribution in [-0.2, 0) is 9.53 Å². The van der Waals surface area contributed by atoms with Crippen molar-refractivity contribution in [2.75, 3.05) is 19.7 Å². The van der Waals surface area contributed by atoms with Crippen LogP contribution in [0.1, 0.15) is 27.2 Å². The Morgan fingerprint density at radius 3 is 2.64 bits per heavy atom. The van der Waals surface area contributed by atoms with E-state index >= 15 is 0 Å². The average Bonchev–Trinajstić information content (AvgIpc) is 2.16. The molecule has 0 aliphatic heterocycles. The lowest BCUT2D eigenvalue weighted by molar-refractivity contribution is -0.144. The highest BCUT2D eigenvalue weighted by molar-refractivity contribution is 5.71. The summed E-state index contributed by atoms with van der Waals surface area (Å²) in [7, 11) is 0. The third-order valence-electron chi connectivity index (χ3n) is 2.07. The van der Waals surface area contributed by atoms with E-state index in [1.807, 2.05) is 19.9 Å². The molecular formula is C11H21NO2. The first-order valence-corrected chi connectivity index (χ1v) is 5.17. The van der Waals surface area contributed by atoms with Gasteiger partial charge < -0.3 is 4.74 Å².